The summed E-state index contributed by atoms with van der Waals surface area (Å²) in [4.78, 5) is 29.9. The number of ether oxygens (including phenoxy) is 2. The molecule has 0 aromatic heterocycles. The van der Waals surface area contributed by atoms with Gasteiger partial charge in [-0.2, -0.15) is 0 Å². The van der Waals surface area contributed by atoms with Gasteiger partial charge in [-0.1, -0.05) is 41.9 Å². The highest BCUT2D eigenvalue weighted by atomic mass is 35.5. The molecule has 172 valence electrons. The van der Waals surface area contributed by atoms with Gasteiger partial charge in [-0.3, -0.25) is 9.59 Å². The van der Waals surface area contributed by atoms with Gasteiger partial charge in [-0.25, -0.2) is 0 Å². The van der Waals surface area contributed by atoms with E-state index in [0.717, 1.165) is 11.1 Å². The van der Waals surface area contributed by atoms with Crippen LogP contribution in [0.4, 0.5) is 5.69 Å². The number of amides is 2. The molecule has 6 nitrogen and oxygen atoms in total. The predicted octanol–water partition coefficient (Wildman–Crippen LogP) is 5.05. The highest BCUT2D eigenvalue weighted by molar-refractivity contribution is 6.31. The Labute approximate surface area is 202 Å². The number of nitrogens with zero attached hydrogens (tertiary/aromatic N) is 1. The quantitative estimate of drug-likeness (QED) is 0.564. The summed E-state index contributed by atoms with van der Waals surface area (Å²) in [5.74, 6) is 0.507. The number of carbonyl (C=O) groups is 2. The molecule has 0 bridgehead atoms. The van der Waals surface area contributed by atoms with Crippen LogP contribution < -0.4 is 14.8 Å². The molecular weight excluding hydrogens is 452 g/mol. The molecule has 1 fully saturated rings. The van der Waals surface area contributed by atoms with Crippen LogP contribution in [-0.4, -0.2) is 36.0 Å². The molecule has 3 heterocycles. The number of halogens is 1. The first-order chi connectivity index (χ1) is 16.4. The van der Waals surface area contributed by atoms with Crippen LogP contribution in [0.1, 0.15) is 40.4 Å². The molecule has 3 aliphatic rings. The second-order valence-corrected chi connectivity index (χ2v) is 9.61. The topological polar surface area (TPSA) is 67.9 Å². The third kappa shape index (κ3) is 2.81. The van der Waals surface area contributed by atoms with Gasteiger partial charge >= 0.3 is 0 Å². The molecule has 6 rings (SSSR count). The minimum absolute atomic E-state index is 0.129. The minimum Gasteiger partial charge on any atom is -0.497 e. The number of benzene rings is 3. The molecular formula is C27H23ClN2O4. The highest BCUT2D eigenvalue weighted by Gasteiger charge is 2.65. The van der Waals surface area contributed by atoms with E-state index >= 15 is 0 Å². The van der Waals surface area contributed by atoms with E-state index in [1.165, 1.54) is 0 Å². The number of methoxy groups -OCH3 is 1. The van der Waals surface area contributed by atoms with Crippen molar-refractivity contribution < 1.29 is 19.1 Å². The Hall–Kier alpha value is -3.51. The van der Waals surface area contributed by atoms with Gasteiger partial charge in [-0.15, -0.1) is 0 Å². The van der Waals surface area contributed by atoms with Gasteiger partial charge in [0.25, 0.3) is 11.8 Å². The summed E-state index contributed by atoms with van der Waals surface area (Å²) >= 11 is 6.21. The van der Waals surface area contributed by atoms with E-state index in [1.807, 2.05) is 55.5 Å². The molecule has 3 aromatic rings. The van der Waals surface area contributed by atoms with Crippen LogP contribution in [0.5, 0.6) is 11.5 Å². The molecule has 0 radical (unpaired) electrons. The van der Waals surface area contributed by atoms with Crippen LogP contribution >= 0.6 is 11.6 Å². The van der Waals surface area contributed by atoms with Crippen LogP contribution in [0.15, 0.2) is 66.7 Å². The molecule has 3 aliphatic heterocycles. The molecule has 1 saturated heterocycles. The maximum absolute atomic E-state index is 14.2. The number of fused-ring (bicyclic) bond motifs is 6. The van der Waals surface area contributed by atoms with E-state index < -0.39 is 5.54 Å². The maximum atomic E-state index is 14.2. The van der Waals surface area contributed by atoms with Crippen molar-refractivity contribution in [1.82, 2.24) is 4.90 Å². The SMILES string of the molecule is COc1ccc2c(c1)[C@H]1[C@H](CO2)[C@H](c2ccccc2)[C@]2(C)C(=O)Nc3cc(Cl)ccc3C(=O)N12. The van der Waals surface area contributed by atoms with Gasteiger partial charge in [0.1, 0.15) is 17.0 Å². The average molecular weight is 475 g/mol. The largest absolute Gasteiger partial charge is 0.497 e. The zero-order chi connectivity index (χ0) is 23.6. The molecule has 2 amide bonds. The van der Waals surface area contributed by atoms with Gasteiger partial charge in [0.2, 0.25) is 0 Å². The first-order valence-corrected chi connectivity index (χ1v) is 11.6. The summed E-state index contributed by atoms with van der Waals surface area (Å²) < 4.78 is 11.7. The summed E-state index contributed by atoms with van der Waals surface area (Å²) in [7, 11) is 1.61. The average Bonchev–Trinajstić information content (AvgIpc) is 3.09. The molecule has 0 aliphatic carbocycles. The Morgan fingerprint density at radius 2 is 1.88 bits per heavy atom. The van der Waals surface area contributed by atoms with Crippen molar-refractivity contribution >= 4 is 29.1 Å². The lowest BCUT2D eigenvalue weighted by molar-refractivity contribution is -0.125. The fourth-order valence-electron chi connectivity index (χ4n) is 5.99. The Balaban J connectivity index is 1.62. The number of nitrogens with one attached hydrogen (secondary N) is 1. The van der Waals surface area contributed by atoms with Crippen LogP contribution in [0.3, 0.4) is 0 Å². The lowest BCUT2D eigenvalue weighted by atomic mass is 9.73. The van der Waals surface area contributed by atoms with Crippen molar-refractivity contribution in [2.75, 3.05) is 19.0 Å². The summed E-state index contributed by atoms with van der Waals surface area (Å²) in [5, 5.41) is 3.47. The van der Waals surface area contributed by atoms with Crippen LogP contribution in [0.2, 0.25) is 5.02 Å². The van der Waals surface area contributed by atoms with Crippen LogP contribution in [0.25, 0.3) is 0 Å². The summed E-state index contributed by atoms with van der Waals surface area (Å²) in [6.07, 6.45) is 0. The van der Waals surface area contributed by atoms with E-state index in [2.05, 4.69) is 5.32 Å². The summed E-state index contributed by atoms with van der Waals surface area (Å²) in [6.45, 7) is 2.26. The molecule has 0 spiro atoms. The van der Waals surface area contributed by atoms with Gasteiger partial charge in [-0.05, 0) is 48.9 Å². The first kappa shape index (κ1) is 21.1. The molecule has 34 heavy (non-hydrogen) atoms. The standard InChI is InChI=1S/C27H23ClN2O4/c1-27-23(15-6-4-3-5-7-15)20-14-34-22-11-9-17(33-2)13-19(22)24(20)30(27)25(31)18-10-8-16(28)12-21(18)29-26(27)32/h3-13,20,23-24H,14H2,1-2H3,(H,29,32)/t20-,23+,24+,27-/m1/s1. The number of carbonyl (C=O) groups excluding carboxylic acids is 2. The lowest BCUT2D eigenvalue weighted by Gasteiger charge is -2.38. The molecule has 7 heteroatoms. The fourth-order valence-corrected chi connectivity index (χ4v) is 6.17. The summed E-state index contributed by atoms with van der Waals surface area (Å²) in [6, 6.07) is 20.2. The van der Waals surface area contributed by atoms with Crippen molar-refractivity contribution in [3.05, 3.63) is 88.4 Å². The predicted molar refractivity (Wildman–Crippen MR) is 129 cm³/mol. The Bertz CT molecular complexity index is 1330. The van der Waals surface area contributed by atoms with Crippen molar-refractivity contribution in [2.24, 2.45) is 5.92 Å². The Morgan fingerprint density at radius 1 is 1.09 bits per heavy atom. The number of hydrogen-bond donors (Lipinski definition) is 1. The van der Waals surface area contributed by atoms with Gasteiger partial charge in [0.15, 0.2) is 0 Å². The fraction of sp³-hybridized carbons (Fsp3) is 0.259. The zero-order valence-electron chi connectivity index (χ0n) is 18.7. The number of anilines is 1. The Kier molecular flexibility index (Phi) is 4.64. The van der Waals surface area contributed by atoms with Crippen molar-refractivity contribution in [1.29, 1.82) is 0 Å². The normalized spacial score (nSPS) is 26.9. The first-order valence-electron chi connectivity index (χ1n) is 11.2. The third-order valence-corrected chi connectivity index (χ3v) is 7.72. The monoisotopic (exact) mass is 474 g/mol. The van der Waals surface area contributed by atoms with E-state index in [9.17, 15) is 9.59 Å². The molecule has 1 N–H and O–H groups in total. The molecule has 0 saturated carbocycles. The van der Waals surface area contributed by atoms with Crippen molar-refractivity contribution in [3.63, 3.8) is 0 Å². The molecule has 0 unspecified atom stereocenters. The van der Waals surface area contributed by atoms with Gasteiger partial charge in [0.05, 0.1) is 31.0 Å². The van der Waals surface area contributed by atoms with Crippen molar-refractivity contribution in [2.45, 2.75) is 24.4 Å². The maximum Gasteiger partial charge on any atom is 0.257 e. The zero-order valence-corrected chi connectivity index (χ0v) is 19.5. The van der Waals surface area contributed by atoms with E-state index in [0.29, 0.717) is 34.4 Å². The highest BCUT2D eigenvalue weighted by Crippen LogP contribution is 2.60. The third-order valence-electron chi connectivity index (χ3n) is 7.48. The van der Waals surface area contributed by atoms with E-state index in [1.54, 1.807) is 30.2 Å². The van der Waals surface area contributed by atoms with E-state index in [-0.39, 0.29) is 29.7 Å². The van der Waals surface area contributed by atoms with Gasteiger partial charge < -0.3 is 19.7 Å². The van der Waals surface area contributed by atoms with Crippen molar-refractivity contribution in [3.8, 4) is 11.5 Å². The molecule has 3 aromatic carbocycles. The van der Waals surface area contributed by atoms with Crippen LogP contribution in [0, 0.1) is 5.92 Å². The second-order valence-electron chi connectivity index (χ2n) is 9.18. The van der Waals surface area contributed by atoms with E-state index in [4.69, 9.17) is 21.1 Å². The number of hydrogen-bond acceptors (Lipinski definition) is 4. The lowest BCUT2D eigenvalue weighted by Crippen LogP contribution is -2.54. The minimum atomic E-state index is -1.16. The second kappa shape index (κ2) is 7.50. The van der Waals surface area contributed by atoms with Crippen LogP contribution in [-0.2, 0) is 4.79 Å². The summed E-state index contributed by atoms with van der Waals surface area (Å²) in [5.41, 5.74) is 1.53. The number of rotatable bonds is 2. The molecule has 4 atom stereocenters. The smallest absolute Gasteiger partial charge is 0.257 e. The Morgan fingerprint density at radius 3 is 2.65 bits per heavy atom. The van der Waals surface area contributed by atoms with Gasteiger partial charge in [0, 0.05) is 22.4 Å².